The molecule has 138 valence electrons. The Morgan fingerprint density at radius 2 is 1.69 bits per heavy atom. The van der Waals surface area contributed by atoms with Gasteiger partial charge in [-0.25, -0.2) is 9.18 Å². The van der Waals surface area contributed by atoms with Crippen LogP contribution in [0.5, 0.6) is 0 Å². The van der Waals surface area contributed by atoms with Gasteiger partial charge in [-0.1, -0.05) is 42.5 Å². The van der Waals surface area contributed by atoms with Crippen LogP contribution < -0.4 is 5.32 Å². The van der Waals surface area contributed by atoms with Crippen LogP contribution in [0, 0.1) is 15.9 Å². The van der Waals surface area contributed by atoms with Crippen LogP contribution in [0.25, 0.3) is 0 Å². The van der Waals surface area contributed by atoms with Crippen LogP contribution in [0.1, 0.15) is 44.0 Å². The largest absolute Gasteiger partial charge is 0.444 e. The summed E-state index contributed by atoms with van der Waals surface area (Å²) in [6.07, 6.45) is -0.811. The minimum absolute atomic E-state index is 0.109. The molecule has 6 nitrogen and oxygen atoms in total. The predicted octanol–water partition coefficient (Wildman–Crippen LogP) is 4.41. The van der Waals surface area contributed by atoms with E-state index in [1.807, 2.05) is 0 Å². The number of carbonyl (C=O) groups is 1. The molecule has 0 aromatic heterocycles. The zero-order valence-electron chi connectivity index (χ0n) is 14.8. The molecule has 2 aromatic carbocycles. The summed E-state index contributed by atoms with van der Waals surface area (Å²) >= 11 is 0. The number of hydrogen-bond acceptors (Lipinski definition) is 4. The topological polar surface area (TPSA) is 81.5 Å². The summed E-state index contributed by atoms with van der Waals surface area (Å²) < 4.78 is 19.5. The molecule has 0 spiro atoms. The van der Waals surface area contributed by atoms with Gasteiger partial charge >= 0.3 is 6.09 Å². The molecule has 0 aliphatic carbocycles. The second kappa shape index (κ2) is 7.95. The van der Waals surface area contributed by atoms with Gasteiger partial charge in [0.05, 0.1) is 5.56 Å². The number of halogens is 1. The van der Waals surface area contributed by atoms with E-state index in [0.29, 0.717) is 5.56 Å². The molecule has 0 saturated carbocycles. The quantitative estimate of drug-likeness (QED) is 0.632. The van der Waals surface area contributed by atoms with E-state index in [0.717, 1.165) is 6.07 Å². The molecule has 1 amide bonds. The van der Waals surface area contributed by atoms with Crippen molar-refractivity contribution in [2.24, 2.45) is 0 Å². The van der Waals surface area contributed by atoms with Gasteiger partial charge in [0.2, 0.25) is 0 Å². The number of ether oxygens (including phenoxy) is 1. The zero-order valence-corrected chi connectivity index (χ0v) is 14.8. The van der Waals surface area contributed by atoms with Gasteiger partial charge in [-0.15, -0.1) is 0 Å². The number of nitrogens with one attached hydrogen (secondary N) is 1. The Kier molecular flexibility index (Phi) is 5.92. The highest BCUT2D eigenvalue weighted by Gasteiger charge is 2.38. The first kappa shape index (κ1) is 19.4. The number of hydrogen-bond donors (Lipinski definition) is 1. The summed E-state index contributed by atoms with van der Waals surface area (Å²) in [5, 5.41) is 14.3. The van der Waals surface area contributed by atoms with E-state index in [1.54, 1.807) is 51.1 Å². The van der Waals surface area contributed by atoms with Gasteiger partial charge in [-0.05, 0) is 38.5 Å². The van der Waals surface area contributed by atoms with Gasteiger partial charge in [-0.2, -0.15) is 0 Å². The van der Waals surface area contributed by atoms with E-state index in [1.165, 1.54) is 18.2 Å². The first-order chi connectivity index (χ1) is 12.2. The van der Waals surface area contributed by atoms with Crippen molar-refractivity contribution in [3.05, 3.63) is 81.7 Å². The van der Waals surface area contributed by atoms with Crippen molar-refractivity contribution in [3.63, 3.8) is 0 Å². The molecule has 0 radical (unpaired) electrons. The summed E-state index contributed by atoms with van der Waals surface area (Å²) in [7, 11) is 0. The summed E-state index contributed by atoms with van der Waals surface area (Å²) in [5.41, 5.74) is -0.404. The maximum atomic E-state index is 14.2. The van der Waals surface area contributed by atoms with Crippen LogP contribution in [0.15, 0.2) is 54.6 Å². The van der Waals surface area contributed by atoms with E-state index in [9.17, 15) is 19.3 Å². The number of alkyl carbamates (subject to hydrolysis) is 1. The Morgan fingerprint density at radius 3 is 2.23 bits per heavy atom. The fraction of sp³-hybridized carbons (Fsp3) is 0.316. The number of amides is 1. The minimum atomic E-state index is -1.51. The van der Waals surface area contributed by atoms with Crippen molar-refractivity contribution < 1.29 is 18.8 Å². The molecule has 0 heterocycles. The van der Waals surface area contributed by atoms with E-state index in [-0.39, 0.29) is 5.56 Å². The second-order valence-electron chi connectivity index (χ2n) is 6.79. The third-order valence-electron chi connectivity index (χ3n) is 3.60. The first-order valence-electron chi connectivity index (χ1n) is 8.11. The van der Waals surface area contributed by atoms with Crippen molar-refractivity contribution in [1.82, 2.24) is 5.32 Å². The minimum Gasteiger partial charge on any atom is -0.444 e. The van der Waals surface area contributed by atoms with Crippen LogP contribution in [0.3, 0.4) is 0 Å². The molecule has 0 aliphatic heterocycles. The summed E-state index contributed by atoms with van der Waals surface area (Å²) in [5.74, 6) is -0.707. The van der Waals surface area contributed by atoms with Gasteiger partial charge in [0.15, 0.2) is 0 Å². The monoisotopic (exact) mass is 360 g/mol. The molecule has 0 aliphatic rings. The fourth-order valence-electron chi connectivity index (χ4n) is 2.57. The van der Waals surface area contributed by atoms with Crippen molar-refractivity contribution in [2.45, 2.75) is 38.5 Å². The lowest BCUT2D eigenvalue weighted by atomic mass is 9.93. The fourth-order valence-corrected chi connectivity index (χ4v) is 2.57. The van der Waals surface area contributed by atoms with Crippen molar-refractivity contribution in [3.8, 4) is 0 Å². The van der Waals surface area contributed by atoms with Crippen LogP contribution in [-0.2, 0) is 4.74 Å². The number of nitrogens with zero attached hydrogens (tertiary/aromatic N) is 1. The Balaban J connectivity index is 2.46. The lowest BCUT2D eigenvalue weighted by Crippen LogP contribution is -2.39. The van der Waals surface area contributed by atoms with Crippen LogP contribution in [0.2, 0.25) is 0 Å². The SMILES string of the molecule is CC(C)(C)OC(=O)N[C@@H](c1ccccc1)[C@@H](c1ccccc1F)[N+](=O)[O-]. The van der Waals surface area contributed by atoms with Crippen molar-refractivity contribution >= 4 is 6.09 Å². The molecule has 2 rings (SSSR count). The first-order valence-corrected chi connectivity index (χ1v) is 8.11. The molecule has 1 N–H and O–H groups in total. The molecule has 0 unspecified atom stereocenters. The smallest absolute Gasteiger partial charge is 0.408 e. The van der Waals surface area contributed by atoms with E-state index >= 15 is 0 Å². The number of carbonyl (C=O) groups excluding carboxylic acids is 1. The second-order valence-corrected chi connectivity index (χ2v) is 6.79. The highest BCUT2D eigenvalue weighted by Crippen LogP contribution is 2.33. The number of rotatable bonds is 5. The van der Waals surface area contributed by atoms with Crippen LogP contribution in [0.4, 0.5) is 9.18 Å². The molecule has 0 fully saturated rings. The third kappa shape index (κ3) is 5.02. The van der Waals surface area contributed by atoms with Gasteiger partial charge in [-0.3, -0.25) is 10.1 Å². The van der Waals surface area contributed by atoms with E-state index < -0.39 is 34.5 Å². The predicted molar refractivity (Wildman–Crippen MR) is 94.7 cm³/mol. The Labute approximate surface area is 151 Å². The van der Waals surface area contributed by atoms with Crippen LogP contribution >= 0.6 is 0 Å². The number of nitro groups is 1. The van der Waals surface area contributed by atoms with Gasteiger partial charge in [0.1, 0.15) is 17.5 Å². The standard InChI is InChI=1S/C19H21FN2O4/c1-19(2,3)26-18(23)21-16(13-9-5-4-6-10-13)17(22(24)25)14-11-7-8-12-15(14)20/h4-12,16-17H,1-3H3,(H,21,23)/t16-,17+/m0/s1. The Morgan fingerprint density at radius 1 is 1.12 bits per heavy atom. The lowest BCUT2D eigenvalue weighted by Gasteiger charge is -2.26. The molecule has 0 saturated heterocycles. The summed E-state index contributed by atoms with van der Waals surface area (Å²) in [6, 6.07) is 11.3. The number of benzene rings is 2. The zero-order chi connectivity index (χ0) is 19.3. The van der Waals surface area contributed by atoms with Gasteiger partial charge in [0, 0.05) is 4.92 Å². The van der Waals surface area contributed by atoms with Crippen LogP contribution in [-0.4, -0.2) is 16.6 Å². The maximum Gasteiger partial charge on any atom is 0.408 e. The summed E-state index contributed by atoms with van der Waals surface area (Å²) in [4.78, 5) is 23.4. The maximum absolute atomic E-state index is 14.2. The molecule has 26 heavy (non-hydrogen) atoms. The van der Waals surface area contributed by atoms with Gasteiger partial charge in [0.25, 0.3) is 6.04 Å². The van der Waals surface area contributed by atoms with E-state index in [4.69, 9.17) is 4.74 Å². The molecule has 7 heteroatoms. The van der Waals surface area contributed by atoms with E-state index in [2.05, 4.69) is 5.32 Å². The molecule has 2 atom stereocenters. The van der Waals surface area contributed by atoms with Crippen molar-refractivity contribution in [2.75, 3.05) is 0 Å². The Hall–Kier alpha value is -2.96. The highest BCUT2D eigenvalue weighted by atomic mass is 19.1. The van der Waals surface area contributed by atoms with Crippen molar-refractivity contribution in [1.29, 1.82) is 0 Å². The Bertz CT molecular complexity index is 775. The normalized spacial score (nSPS) is 13.5. The average Bonchev–Trinajstić information content (AvgIpc) is 2.55. The highest BCUT2D eigenvalue weighted by molar-refractivity contribution is 5.68. The third-order valence-corrected chi connectivity index (χ3v) is 3.60. The van der Waals surface area contributed by atoms with Gasteiger partial charge < -0.3 is 10.1 Å². The lowest BCUT2D eigenvalue weighted by molar-refractivity contribution is -0.535. The molecule has 2 aromatic rings. The summed E-state index contributed by atoms with van der Waals surface area (Å²) in [6.45, 7) is 5.06. The molecular weight excluding hydrogens is 339 g/mol. The molecule has 0 bridgehead atoms. The average molecular weight is 360 g/mol. The molecular formula is C19H21FN2O4.